The molecule has 5 heteroatoms. The molecule has 92 valence electrons. The molecule has 0 saturated carbocycles. The fourth-order valence-corrected chi connectivity index (χ4v) is 1.61. The van der Waals surface area contributed by atoms with Crippen LogP contribution >= 0.6 is 0 Å². The summed E-state index contributed by atoms with van der Waals surface area (Å²) in [6.45, 7) is -0.307. The van der Waals surface area contributed by atoms with Crippen LogP contribution in [0.2, 0.25) is 0 Å². The van der Waals surface area contributed by atoms with E-state index in [0.717, 1.165) is 6.08 Å². The van der Waals surface area contributed by atoms with Crippen molar-refractivity contribution < 1.29 is 23.9 Å². The Hall–Kier alpha value is -2.43. The van der Waals surface area contributed by atoms with Gasteiger partial charge in [-0.1, -0.05) is 24.3 Å². The largest absolute Gasteiger partial charge is 0.481 e. The molecule has 1 aromatic carbocycles. The number of carbonyl (C=O) groups excluding carboxylic acids is 3. The number of ketones is 2. The van der Waals surface area contributed by atoms with Crippen molar-refractivity contribution >= 4 is 23.3 Å². The molecule has 0 unspecified atom stereocenters. The van der Waals surface area contributed by atoms with Crippen LogP contribution in [0.4, 0.5) is 0 Å². The lowest BCUT2D eigenvalue weighted by Crippen LogP contribution is -2.20. The average molecular weight is 246 g/mol. The van der Waals surface area contributed by atoms with Gasteiger partial charge in [0.15, 0.2) is 6.61 Å². The number of Topliss-reactive ketones (excluding diaryl/α,β-unsaturated/α-hetero) is 1. The number of benzene rings is 1. The van der Waals surface area contributed by atoms with Gasteiger partial charge in [-0.2, -0.15) is 0 Å². The summed E-state index contributed by atoms with van der Waals surface area (Å²) < 4.78 is 9.63. The molecule has 0 bridgehead atoms. The van der Waals surface area contributed by atoms with E-state index in [0.29, 0.717) is 5.56 Å². The van der Waals surface area contributed by atoms with E-state index in [1.54, 1.807) is 24.3 Å². The van der Waals surface area contributed by atoms with Gasteiger partial charge < -0.3 is 9.47 Å². The number of rotatable bonds is 3. The highest BCUT2D eigenvalue weighted by Crippen LogP contribution is 2.25. The number of hydrogen-bond donors (Lipinski definition) is 0. The van der Waals surface area contributed by atoms with E-state index >= 15 is 0 Å². The highest BCUT2D eigenvalue weighted by Gasteiger charge is 2.26. The second-order valence-corrected chi connectivity index (χ2v) is 3.61. The van der Waals surface area contributed by atoms with E-state index in [1.807, 2.05) is 0 Å². The van der Waals surface area contributed by atoms with Gasteiger partial charge in [-0.3, -0.25) is 9.59 Å². The maximum Gasteiger partial charge on any atom is 0.343 e. The Morgan fingerprint density at radius 2 is 1.83 bits per heavy atom. The number of carbonyl (C=O) groups is 3. The van der Waals surface area contributed by atoms with Gasteiger partial charge in [0.25, 0.3) is 0 Å². The molecule has 0 aromatic heterocycles. The third-order valence-corrected chi connectivity index (χ3v) is 2.50. The first-order chi connectivity index (χ1) is 8.63. The van der Waals surface area contributed by atoms with Crippen molar-refractivity contribution in [1.29, 1.82) is 0 Å². The number of methoxy groups -OCH3 is 1. The van der Waals surface area contributed by atoms with Crippen molar-refractivity contribution in [2.45, 2.75) is 0 Å². The van der Waals surface area contributed by atoms with Crippen LogP contribution in [0.3, 0.4) is 0 Å². The molecule has 2 rings (SSSR count). The maximum absolute atomic E-state index is 11.6. The van der Waals surface area contributed by atoms with Crippen LogP contribution in [0.25, 0.3) is 5.76 Å². The Kier molecular flexibility index (Phi) is 3.23. The van der Waals surface area contributed by atoms with Crippen molar-refractivity contribution in [3.63, 3.8) is 0 Å². The minimum Gasteiger partial charge on any atom is -0.481 e. The van der Waals surface area contributed by atoms with Crippen LogP contribution in [-0.4, -0.2) is 31.3 Å². The topological polar surface area (TPSA) is 69.7 Å². The van der Waals surface area contributed by atoms with E-state index in [2.05, 4.69) is 4.74 Å². The number of allylic oxidation sites excluding steroid dienone is 1. The third kappa shape index (κ3) is 2.15. The minimum atomic E-state index is -0.659. The van der Waals surface area contributed by atoms with Crippen molar-refractivity contribution in [1.82, 2.24) is 0 Å². The molecule has 0 atom stereocenters. The molecular weight excluding hydrogens is 236 g/mol. The molecule has 0 heterocycles. The van der Waals surface area contributed by atoms with Gasteiger partial charge in [0.1, 0.15) is 5.76 Å². The van der Waals surface area contributed by atoms with E-state index in [1.165, 1.54) is 7.11 Å². The monoisotopic (exact) mass is 246 g/mol. The highest BCUT2D eigenvalue weighted by atomic mass is 16.6. The van der Waals surface area contributed by atoms with Crippen LogP contribution in [0.5, 0.6) is 0 Å². The molecule has 0 saturated heterocycles. The summed E-state index contributed by atoms with van der Waals surface area (Å²) in [5.41, 5.74) is 0.788. The fraction of sp³-hybridized carbons (Fsp3) is 0.154. The van der Waals surface area contributed by atoms with Crippen LogP contribution in [0.1, 0.15) is 15.9 Å². The summed E-state index contributed by atoms with van der Waals surface area (Å²) >= 11 is 0. The lowest BCUT2D eigenvalue weighted by Gasteiger charge is -2.16. The zero-order chi connectivity index (χ0) is 13.1. The van der Waals surface area contributed by atoms with Crippen molar-refractivity contribution in [3.05, 3.63) is 41.5 Å². The standard InChI is InChI=1S/C13H10O5/c1-17-12(15)7-18-11-6-10(14)13(16)9-5-3-2-4-8(9)11/h2-6H,7H2,1H3. The van der Waals surface area contributed by atoms with Gasteiger partial charge in [-0.25, -0.2) is 4.79 Å². The number of ether oxygens (including phenoxy) is 2. The van der Waals surface area contributed by atoms with E-state index in [-0.39, 0.29) is 17.9 Å². The Morgan fingerprint density at radius 1 is 1.17 bits per heavy atom. The summed E-state index contributed by atoms with van der Waals surface area (Å²) in [5.74, 6) is -1.58. The molecule has 1 aliphatic carbocycles. The van der Waals surface area contributed by atoms with Crippen LogP contribution in [0.15, 0.2) is 30.3 Å². The van der Waals surface area contributed by atoms with Crippen LogP contribution < -0.4 is 0 Å². The quantitative estimate of drug-likeness (QED) is 0.587. The number of esters is 1. The van der Waals surface area contributed by atoms with Gasteiger partial charge in [-0.05, 0) is 0 Å². The molecular formula is C13H10O5. The molecule has 5 nitrogen and oxygen atoms in total. The van der Waals surface area contributed by atoms with Crippen LogP contribution in [-0.2, 0) is 19.1 Å². The SMILES string of the molecule is COC(=O)COC1=CC(=O)C(=O)c2ccccc21. The molecule has 0 radical (unpaired) electrons. The van der Waals surface area contributed by atoms with E-state index in [9.17, 15) is 14.4 Å². The molecule has 18 heavy (non-hydrogen) atoms. The number of fused-ring (bicyclic) bond motifs is 1. The number of hydrogen-bond acceptors (Lipinski definition) is 5. The van der Waals surface area contributed by atoms with Crippen LogP contribution in [0, 0.1) is 0 Å². The van der Waals surface area contributed by atoms with Crippen molar-refractivity contribution in [2.75, 3.05) is 13.7 Å². The minimum absolute atomic E-state index is 0.209. The molecule has 0 fully saturated rings. The van der Waals surface area contributed by atoms with Gasteiger partial charge >= 0.3 is 5.97 Å². The fourth-order valence-electron chi connectivity index (χ4n) is 1.61. The predicted octanol–water partition coefficient (Wildman–Crippen LogP) is 0.982. The van der Waals surface area contributed by atoms with Crippen molar-refractivity contribution in [2.24, 2.45) is 0 Å². The first-order valence-electron chi connectivity index (χ1n) is 5.23. The van der Waals surface area contributed by atoms with Gasteiger partial charge in [0.05, 0.1) is 7.11 Å². The Balaban J connectivity index is 2.30. The maximum atomic E-state index is 11.6. The first kappa shape index (κ1) is 12.0. The van der Waals surface area contributed by atoms with Gasteiger partial charge in [0.2, 0.25) is 11.6 Å². The normalized spacial score (nSPS) is 13.7. The van der Waals surface area contributed by atoms with Crippen molar-refractivity contribution in [3.8, 4) is 0 Å². The Labute approximate surface area is 103 Å². The summed E-state index contributed by atoms with van der Waals surface area (Å²) in [4.78, 5) is 34.1. The molecule has 1 aliphatic rings. The smallest absolute Gasteiger partial charge is 0.343 e. The molecule has 0 aliphatic heterocycles. The average Bonchev–Trinajstić information content (AvgIpc) is 2.41. The Morgan fingerprint density at radius 3 is 2.50 bits per heavy atom. The van der Waals surface area contributed by atoms with Gasteiger partial charge in [0, 0.05) is 17.2 Å². The molecule has 0 spiro atoms. The predicted molar refractivity (Wildman–Crippen MR) is 61.7 cm³/mol. The second-order valence-electron chi connectivity index (χ2n) is 3.61. The van der Waals surface area contributed by atoms with E-state index < -0.39 is 17.5 Å². The highest BCUT2D eigenvalue weighted by molar-refractivity contribution is 6.50. The Bertz CT molecular complexity index is 556. The van der Waals surface area contributed by atoms with Gasteiger partial charge in [-0.15, -0.1) is 0 Å². The third-order valence-electron chi connectivity index (χ3n) is 2.50. The first-order valence-corrected chi connectivity index (χ1v) is 5.23. The molecule has 1 aromatic rings. The summed E-state index contributed by atoms with van der Waals surface area (Å²) in [7, 11) is 1.24. The zero-order valence-electron chi connectivity index (χ0n) is 9.64. The lowest BCUT2D eigenvalue weighted by atomic mass is 9.94. The summed E-state index contributed by atoms with van der Waals surface area (Å²) in [5, 5.41) is 0. The lowest BCUT2D eigenvalue weighted by molar-refractivity contribution is -0.143. The molecule has 0 amide bonds. The summed E-state index contributed by atoms with van der Waals surface area (Å²) in [6.07, 6.45) is 1.09. The van der Waals surface area contributed by atoms with E-state index in [4.69, 9.17) is 4.74 Å². The molecule has 0 N–H and O–H groups in total. The summed E-state index contributed by atoms with van der Waals surface area (Å²) in [6, 6.07) is 6.58. The second kappa shape index (κ2) is 4.83. The zero-order valence-corrected chi connectivity index (χ0v) is 9.64.